The highest BCUT2D eigenvalue weighted by atomic mass is 16.5. The highest BCUT2D eigenvalue weighted by molar-refractivity contribution is 6.07. The van der Waals surface area contributed by atoms with E-state index < -0.39 is 0 Å². The molecule has 0 unspecified atom stereocenters. The number of ketones is 1. The maximum absolute atomic E-state index is 12.4. The zero-order valence-corrected chi connectivity index (χ0v) is 15.3. The van der Waals surface area contributed by atoms with Gasteiger partial charge in [-0.05, 0) is 50.0 Å². The minimum absolute atomic E-state index is 0.219. The number of para-hydroxylation sites is 2. The number of aromatic nitrogens is 1. The fraction of sp³-hybridized carbons (Fsp3) is 0.318. The van der Waals surface area contributed by atoms with Gasteiger partial charge in [0.05, 0.1) is 7.11 Å². The molecule has 0 amide bonds. The van der Waals surface area contributed by atoms with Crippen LogP contribution in [0.1, 0.15) is 35.2 Å². The van der Waals surface area contributed by atoms with Crippen molar-refractivity contribution >= 4 is 16.7 Å². The van der Waals surface area contributed by atoms with Crippen LogP contribution in [0.4, 0.5) is 0 Å². The van der Waals surface area contributed by atoms with E-state index in [1.807, 2.05) is 48.7 Å². The highest BCUT2D eigenvalue weighted by Crippen LogP contribution is 2.20. The van der Waals surface area contributed by atoms with E-state index in [1.165, 1.54) is 5.56 Å². The smallest absolute Gasteiger partial charge is 0.165 e. The first kappa shape index (κ1) is 18.2. The molecule has 0 saturated heterocycles. The van der Waals surface area contributed by atoms with E-state index in [2.05, 4.69) is 16.4 Å². The molecule has 0 aliphatic rings. The van der Waals surface area contributed by atoms with Crippen LogP contribution in [0.3, 0.4) is 0 Å². The molecule has 0 aliphatic carbocycles. The van der Waals surface area contributed by atoms with Crippen LogP contribution in [0.5, 0.6) is 5.75 Å². The molecule has 4 nitrogen and oxygen atoms in total. The van der Waals surface area contributed by atoms with Crippen molar-refractivity contribution in [3.63, 3.8) is 0 Å². The second-order valence-electron chi connectivity index (χ2n) is 6.44. The van der Waals surface area contributed by atoms with Crippen LogP contribution in [0.15, 0.2) is 54.7 Å². The zero-order chi connectivity index (χ0) is 18.2. The van der Waals surface area contributed by atoms with Crippen LogP contribution < -0.4 is 10.1 Å². The first-order valence-corrected chi connectivity index (χ1v) is 9.21. The summed E-state index contributed by atoms with van der Waals surface area (Å²) in [5, 5.41) is 4.47. The van der Waals surface area contributed by atoms with Crippen LogP contribution in [0.25, 0.3) is 10.9 Å². The van der Waals surface area contributed by atoms with Crippen molar-refractivity contribution in [2.24, 2.45) is 0 Å². The van der Waals surface area contributed by atoms with Crippen molar-refractivity contribution in [1.29, 1.82) is 0 Å². The second kappa shape index (κ2) is 9.20. The van der Waals surface area contributed by atoms with Gasteiger partial charge in [-0.1, -0.05) is 36.4 Å². The molecule has 3 rings (SSSR count). The van der Waals surface area contributed by atoms with Gasteiger partial charge >= 0.3 is 0 Å². The first-order valence-electron chi connectivity index (χ1n) is 9.21. The van der Waals surface area contributed by atoms with Crippen molar-refractivity contribution in [3.8, 4) is 5.75 Å². The summed E-state index contributed by atoms with van der Waals surface area (Å²) >= 11 is 0. The van der Waals surface area contributed by atoms with E-state index in [0.717, 1.165) is 54.6 Å². The van der Waals surface area contributed by atoms with Gasteiger partial charge in [0.1, 0.15) is 5.75 Å². The fourth-order valence-corrected chi connectivity index (χ4v) is 3.23. The number of Topliss-reactive ketones (excluding diaryl/α,β-unsaturated/α-hetero) is 1. The molecule has 1 heterocycles. The summed E-state index contributed by atoms with van der Waals surface area (Å²) in [7, 11) is 1.71. The van der Waals surface area contributed by atoms with E-state index in [0.29, 0.717) is 6.42 Å². The summed E-state index contributed by atoms with van der Waals surface area (Å²) in [6, 6.07) is 16.1. The molecule has 3 aromatic rings. The molecule has 0 bridgehead atoms. The standard InChI is InChI=1S/C22H26N2O2/c1-26-22-12-5-2-8-17(22)13-15-23-14-7-6-11-21(25)19-16-24-20-10-4-3-9-18(19)20/h2-5,8-10,12,16,23-24H,6-7,11,13-15H2,1H3. The quantitative estimate of drug-likeness (QED) is 0.422. The molecular formula is C22H26N2O2. The summed E-state index contributed by atoms with van der Waals surface area (Å²) in [4.78, 5) is 15.6. The molecule has 2 aromatic carbocycles. The average molecular weight is 350 g/mol. The Morgan fingerprint density at radius 1 is 1.04 bits per heavy atom. The predicted octanol–water partition coefficient (Wildman–Crippen LogP) is 4.36. The normalized spacial score (nSPS) is 11.0. The van der Waals surface area contributed by atoms with Crippen LogP contribution in [0.2, 0.25) is 0 Å². The first-order chi connectivity index (χ1) is 12.8. The number of H-pyrrole nitrogens is 1. The number of hydrogen-bond acceptors (Lipinski definition) is 3. The number of carbonyl (C=O) groups is 1. The molecule has 0 aliphatic heterocycles. The predicted molar refractivity (Wildman–Crippen MR) is 106 cm³/mol. The molecule has 0 radical (unpaired) electrons. The van der Waals surface area contributed by atoms with Crippen molar-refractivity contribution in [2.45, 2.75) is 25.7 Å². The Kier molecular flexibility index (Phi) is 6.45. The monoisotopic (exact) mass is 350 g/mol. The molecule has 0 fully saturated rings. The number of carbonyl (C=O) groups excluding carboxylic acids is 1. The van der Waals surface area contributed by atoms with E-state index in [1.54, 1.807) is 7.11 Å². The molecule has 2 N–H and O–H groups in total. The number of ether oxygens (including phenoxy) is 1. The topological polar surface area (TPSA) is 54.1 Å². The Hall–Kier alpha value is -2.59. The van der Waals surface area contributed by atoms with Gasteiger partial charge in [-0.2, -0.15) is 0 Å². The van der Waals surface area contributed by atoms with Gasteiger partial charge < -0.3 is 15.0 Å². The number of fused-ring (bicyclic) bond motifs is 1. The Morgan fingerprint density at radius 2 is 1.85 bits per heavy atom. The molecule has 4 heteroatoms. The summed E-state index contributed by atoms with van der Waals surface area (Å²) in [5.41, 5.74) is 3.05. The third kappa shape index (κ3) is 4.52. The lowest BCUT2D eigenvalue weighted by Crippen LogP contribution is -2.19. The summed E-state index contributed by atoms with van der Waals surface area (Å²) in [6.07, 6.45) is 5.27. The van der Waals surface area contributed by atoms with Gasteiger partial charge in [-0.15, -0.1) is 0 Å². The molecule has 0 atom stereocenters. The highest BCUT2D eigenvalue weighted by Gasteiger charge is 2.11. The Labute approximate surface area is 154 Å². The van der Waals surface area contributed by atoms with Gasteiger partial charge in [-0.25, -0.2) is 0 Å². The van der Waals surface area contributed by atoms with Crippen LogP contribution in [-0.2, 0) is 6.42 Å². The van der Waals surface area contributed by atoms with Crippen molar-refractivity contribution < 1.29 is 9.53 Å². The minimum Gasteiger partial charge on any atom is -0.496 e. The number of rotatable bonds is 10. The largest absolute Gasteiger partial charge is 0.496 e. The van der Waals surface area contributed by atoms with Gasteiger partial charge in [0.2, 0.25) is 0 Å². The Balaban J connectivity index is 1.35. The van der Waals surface area contributed by atoms with Crippen molar-refractivity contribution in [1.82, 2.24) is 10.3 Å². The van der Waals surface area contributed by atoms with E-state index in [-0.39, 0.29) is 5.78 Å². The van der Waals surface area contributed by atoms with E-state index in [4.69, 9.17) is 4.74 Å². The van der Waals surface area contributed by atoms with Crippen molar-refractivity contribution in [3.05, 3.63) is 65.9 Å². The molecule has 0 saturated carbocycles. The third-order valence-electron chi connectivity index (χ3n) is 4.66. The number of hydrogen-bond donors (Lipinski definition) is 2. The summed E-state index contributed by atoms with van der Waals surface area (Å²) < 4.78 is 5.37. The fourth-order valence-electron chi connectivity index (χ4n) is 3.23. The number of aromatic amines is 1. The van der Waals surface area contributed by atoms with Gasteiger partial charge in [0, 0.05) is 29.1 Å². The Morgan fingerprint density at radius 3 is 2.73 bits per heavy atom. The number of nitrogens with one attached hydrogen (secondary N) is 2. The van der Waals surface area contributed by atoms with Gasteiger partial charge in [-0.3, -0.25) is 4.79 Å². The van der Waals surface area contributed by atoms with Crippen LogP contribution >= 0.6 is 0 Å². The summed E-state index contributed by atoms with van der Waals surface area (Å²) in [6.45, 7) is 1.84. The number of methoxy groups -OCH3 is 1. The van der Waals surface area contributed by atoms with Crippen molar-refractivity contribution in [2.75, 3.05) is 20.2 Å². The second-order valence-corrected chi connectivity index (χ2v) is 6.44. The van der Waals surface area contributed by atoms with E-state index in [9.17, 15) is 4.79 Å². The van der Waals surface area contributed by atoms with Crippen LogP contribution in [0, 0.1) is 0 Å². The van der Waals surface area contributed by atoms with Gasteiger partial charge in [0.15, 0.2) is 5.78 Å². The lowest BCUT2D eigenvalue weighted by Gasteiger charge is -2.09. The maximum Gasteiger partial charge on any atom is 0.165 e. The zero-order valence-electron chi connectivity index (χ0n) is 15.3. The summed E-state index contributed by atoms with van der Waals surface area (Å²) in [5.74, 6) is 1.16. The average Bonchev–Trinajstić information content (AvgIpc) is 3.11. The van der Waals surface area contributed by atoms with E-state index >= 15 is 0 Å². The lowest BCUT2D eigenvalue weighted by atomic mass is 10.0. The van der Waals surface area contributed by atoms with Gasteiger partial charge in [0.25, 0.3) is 0 Å². The minimum atomic E-state index is 0.219. The third-order valence-corrected chi connectivity index (χ3v) is 4.66. The number of benzene rings is 2. The molecule has 136 valence electrons. The number of unbranched alkanes of at least 4 members (excludes halogenated alkanes) is 1. The van der Waals surface area contributed by atoms with Crippen LogP contribution in [-0.4, -0.2) is 31.0 Å². The SMILES string of the molecule is COc1ccccc1CCNCCCCC(=O)c1c[nH]c2ccccc12. The molecule has 0 spiro atoms. The maximum atomic E-state index is 12.4. The lowest BCUT2D eigenvalue weighted by molar-refractivity contribution is 0.0981. The molecule has 1 aromatic heterocycles. The Bertz CT molecular complexity index is 854. The molecule has 26 heavy (non-hydrogen) atoms. The molecular weight excluding hydrogens is 324 g/mol.